The number of rotatable bonds is 4. The van der Waals surface area contributed by atoms with Gasteiger partial charge in [0.15, 0.2) is 0 Å². The van der Waals surface area contributed by atoms with Crippen LogP contribution in [0.15, 0.2) is 5.10 Å². The van der Waals surface area contributed by atoms with Crippen LogP contribution in [0, 0.1) is 6.92 Å². The van der Waals surface area contributed by atoms with Crippen LogP contribution in [-0.2, 0) is 47.0 Å². The molecule has 0 unspecified atom stereocenters. The first-order chi connectivity index (χ1) is 5.66. The fraction of sp³-hybridized carbons (Fsp3) is 0.429. The second-order valence-corrected chi connectivity index (χ2v) is 1.79. The summed E-state index contributed by atoms with van der Waals surface area (Å²) >= 11 is 0. The van der Waals surface area contributed by atoms with Crippen LogP contribution in [0.1, 0.15) is 13.3 Å². The van der Waals surface area contributed by atoms with Gasteiger partial charge >= 0.3 is 0 Å². The summed E-state index contributed by atoms with van der Waals surface area (Å²) in [5.74, 6) is -0.981. The third-order valence-corrected chi connectivity index (χ3v) is 0.788. The fourth-order valence-electron chi connectivity index (χ4n) is 0.418. The number of hydrogen-bond donors (Lipinski definition) is 1. The van der Waals surface area contributed by atoms with Crippen molar-refractivity contribution in [3.8, 4) is 0 Å². The molecule has 0 aliphatic carbocycles. The maximum Gasteiger partial charge on any atom is 0.277 e. The molecule has 1 N–H and O–H groups in total. The number of carbonyl (C=O) groups is 2. The minimum Gasteiger partial charge on any atom is -0.468 e. The van der Waals surface area contributed by atoms with Crippen LogP contribution in [-0.4, -0.2) is 24.7 Å². The standard InChI is InChI=1S/C7H10N2O3.Y/c1-3-12-7(11)4-5-8-9-6(2)10;/h2-4H2,1H3,(H,9,10);/q-2;. The van der Waals surface area contributed by atoms with Gasteiger partial charge in [0.2, 0.25) is 0 Å². The van der Waals surface area contributed by atoms with E-state index >= 15 is 0 Å². The molecule has 0 fully saturated rings. The van der Waals surface area contributed by atoms with E-state index in [9.17, 15) is 9.59 Å². The molecule has 0 rings (SSSR count). The molecule has 71 valence electrons. The maximum atomic E-state index is 10.6. The van der Waals surface area contributed by atoms with Gasteiger partial charge in [0.1, 0.15) is 0 Å². The van der Waals surface area contributed by atoms with Gasteiger partial charge in [-0.05, 0) is 6.92 Å². The Labute approximate surface area is 102 Å². The molecule has 13 heavy (non-hydrogen) atoms. The van der Waals surface area contributed by atoms with Crippen LogP contribution >= 0.6 is 0 Å². The summed E-state index contributed by atoms with van der Waals surface area (Å²) in [5, 5.41) is 3.28. The van der Waals surface area contributed by atoms with Crippen LogP contribution in [0.5, 0.6) is 0 Å². The van der Waals surface area contributed by atoms with Crippen molar-refractivity contribution in [1.29, 1.82) is 0 Å². The van der Waals surface area contributed by atoms with Crippen LogP contribution in [0.4, 0.5) is 0 Å². The van der Waals surface area contributed by atoms with E-state index in [0.29, 0.717) is 6.61 Å². The van der Waals surface area contributed by atoms with Crippen LogP contribution in [0.3, 0.4) is 0 Å². The second-order valence-electron chi connectivity index (χ2n) is 1.79. The molecule has 0 saturated carbocycles. The molecule has 1 radical (unpaired) electrons. The van der Waals surface area contributed by atoms with Crippen molar-refractivity contribution in [2.45, 2.75) is 13.3 Å². The molecule has 1 amide bonds. The van der Waals surface area contributed by atoms with Crippen molar-refractivity contribution in [2.24, 2.45) is 5.10 Å². The van der Waals surface area contributed by atoms with Gasteiger partial charge in [-0.25, -0.2) is 0 Å². The topological polar surface area (TPSA) is 67.8 Å². The Hall–Kier alpha value is -0.416. The minimum atomic E-state index is -0.550. The summed E-state index contributed by atoms with van der Waals surface area (Å²) in [6.07, 6.45) is 2.20. The van der Waals surface area contributed by atoms with Gasteiger partial charge in [0, 0.05) is 32.7 Å². The summed E-state index contributed by atoms with van der Waals surface area (Å²) < 4.78 is 4.56. The van der Waals surface area contributed by atoms with E-state index in [4.69, 9.17) is 0 Å². The summed E-state index contributed by atoms with van der Waals surface area (Å²) in [4.78, 5) is 20.8. The third kappa shape index (κ3) is 11.6. The molecule has 5 nitrogen and oxygen atoms in total. The van der Waals surface area contributed by atoms with Gasteiger partial charge in [-0.3, -0.25) is 4.79 Å². The van der Waals surface area contributed by atoms with Crippen molar-refractivity contribution >= 4 is 18.1 Å². The number of amides is 1. The monoisotopic (exact) mass is 259 g/mol. The van der Waals surface area contributed by atoms with Gasteiger partial charge in [-0.2, -0.15) is 0 Å². The first kappa shape index (κ1) is 15.1. The molecule has 0 aromatic carbocycles. The van der Waals surface area contributed by atoms with Crippen molar-refractivity contribution < 1.29 is 47.0 Å². The predicted octanol–water partition coefficient (Wildman–Crippen LogP) is -0.250. The van der Waals surface area contributed by atoms with Crippen LogP contribution in [0.25, 0.3) is 0 Å². The average Bonchev–Trinajstić information content (AvgIpc) is 1.98. The minimum absolute atomic E-state index is 0. The summed E-state index contributed by atoms with van der Waals surface area (Å²) in [7, 11) is 0. The molecular weight excluding hydrogens is 249 g/mol. The molecular formula is C7H10N2O3Y-2. The molecule has 0 atom stereocenters. The van der Waals surface area contributed by atoms with Gasteiger partial charge in [0.25, 0.3) is 5.97 Å². The summed E-state index contributed by atoms with van der Waals surface area (Å²) in [5.41, 5.74) is 2.00. The van der Waals surface area contributed by atoms with Gasteiger partial charge < -0.3 is 33.2 Å². The molecule has 0 spiro atoms. The van der Waals surface area contributed by atoms with Crippen molar-refractivity contribution in [3.63, 3.8) is 0 Å². The number of hydrazone groups is 1. The number of nitrogens with one attached hydrogen (secondary N) is 1. The van der Waals surface area contributed by atoms with Crippen molar-refractivity contribution in [2.75, 3.05) is 6.61 Å². The van der Waals surface area contributed by atoms with Crippen molar-refractivity contribution in [1.82, 2.24) is 5.43 Å². The van der Waals surface area contributed by atoms with Crippen LogP contribution in [0.2, 0.25) is 0 Å². The Morgan fingerprint density at radius 2 is 2.23 bits per heavy atom. The van der Waals surface area contributed by atoms with E-state index in [1.165, 1.54) is 0 Å². The zero-order valence-corrected chi connectivity index (χ0v) is 10.2. The van der Waals surface area contributed by atoms with E-state index in [-0.39, 0.29) is 39.1 Å². The molecule has 0 bridgehead atoms. The SMILES string of the molecule is [CH2-]C(=O)NN=[C-]CC(=O)OCC.[Y]. The zero-order chi connectivity index (χ0) is 9.40. The Morgan fingerprint density at radius 3 is 2.69 bits per heavy atom. The molecule has 0 saturated heterocycles. The van der Waals surface area contributed by atoms with E-state index in [1.54, 1.807) is 6.92 Å². The Bertz CT molecular complexity index is 194. The van der Waals surface area contributed by atoms with E-state index in [1.807, 2.05) is 5.43 Å². The molecule has 0 heterocycles. The van der Waals surface area contributed by atoms with Gasteiger partial charge in [0.05, 0.1) is 12.5 Å². The normalized spacial score (nSPS) is 9.00. The molecule has 0 aromatic rings. The number of nitrogens with zero attached hydrogens (tertiary/aromatic N) is 1. The van der Waals surface area contributed by atoms with Gasteiger partial charge in [-0.1, -0.05) is 6.42 Å². The number of ether oxygens (including phenoxy) is 1. The number of esters is 1. The quantitative estimate of drug-likeness (QED) is 0.327. The summed E-state index contributed by atoms with van der Waals surface area (Å²) in [6.45, 7) is 5.01. The zero-order valence-electron chi connectivity index (χ0n) is 7.37. The molecule has 0 aromatic heterocycles. The number of hydrogen-bond acceptors (Lipinski definition) is 4. The number of carbonyl (C=O) groups excluding carboxylic acids is 2. The van der Waals surface area contributed by atoms with Crippen LogP contribution < -0.4 is 5.43 Å². The third-order valence-electron chi connectivity index (χ3n) is 0.788. The molecule has 6 heteroatoms. The molecule has 0 aliphatic heterocycles. The Kier molecular flexibility index (Phi) is 11.2. The van der Waals surface area contributed by atoms with E-state index in [0.717, 1.165) is 0 Å². The smallest absolute Gasteiger partial charge is 0.277 e. The summed E-state index contributed by atoms with van der Waals surface area (Å²) in [6, 6.07) is 0. The average molecular weight is 259 g/mol. The molecule has 0 aliphatic rings. The van der Waals surface area contributed by atoms with E-state index in [2.05, 4.69) is 23.0 Å². The second kappa shape index (κ2) is 9.67. The maximum absolute atomic E-state index is 10.6. The van der Waals surface area contributed by atoms with Crippen molar-refractivity contribution in [3.05, 3.63) is 6.92 Å². The van der Waals surface area contributed by atoms with E-state index < -0.39 is 11.9 Å². The largest absolute Gasteiger partial charge is 0.468 e. The first-order valence-corrected chi connectivity index (χ1v) is 3.37. The van der Waals surface area contributed by atoms with Gasteiger partial charge in [-0.15, -0.1) is 0 Å². The fourth-order valence-corrected chi connectivity index (χ4v) is 0.418. The Morgan fingerprint density at radius 1 is 1.62 bits per heavy atom. The first-order valence-electron chi connectivity index (χ1n) is 3.37. The predicted molar refractivity (Wildman–Crippen MR) is 42.2 cm³/mol. The Balaban J connectivity index is 0.